The van der Waals surface area contributed by atoms with Crippen LogP contribution in [0.2, 0.25) is 0 Å². The van der Waals surface area contributed by atoms with Gasteiger partial charge in [0.1, 0.15) is 0 Å². The Morgan fingerprint density at radius 2 is 1.84 bits per heavy atom. The van der Waals surface area contributed by atoms with E-state index < -0.39 is 26.5 Å². The summed E-state index contributed by atoms with van der Waals surface area (Å²) >= 11 is 0. The maximum Gasteiger partial charge on any atom is 1.00 e. The molecule has 0 aliphatic carbocycles. The molecule has 0 N–H and O–H groups in total. The van der Waals surface area contributed by atoms with Crippen LogP contribution >= 0.6 is 0 Å². The Hall–Kier alpha value is -1.12. The Morgan fingerprint density at radius 3 is 2.42 bits per heavy atom. The summed E-state index contributed by atoms with van der Waals surface area (Å²) in [5, 5.41) is 30.7. The molecule has 0 atom stereocenters. The van der Waals surface area contributed by atoms with Crippen LogP contribution in [0.1, 0.15) is 19.8 Å². The summed E-state index contributed by atoms with van der Waals surface area (Å²) < 4.78 is 32.3. The molecule has 1 aromatic carbocycles. The Balaban J connectivity index is 0.00000450. The second-order valence-corrected chi connectivity index (χ2v) is 7.61. The van der Waals surface area contributed by atoms with Gasteiger partial charge in [0.05, 0.1) is 26.8 Å². The van der Waals surface area contributed by atoms with E-state index in [2.05, 4.69) is 15.2 Å². The van der Waals surface area contributed by atoms with Gasteiger partial charge in [-0.25, -0.2) is 13.4 Å². The van der Waals surface area contributed by atoms with E-state index in [0.717, 1.165) is 12.5 Å². The largest absolute Gasteiger partial charge is 1.00 e. The van der Waals surface area contributed by atoms with Crippen LogP contribution < -0.4 is 69.1 Å². The minimum absolute atomic E-state index is 0. The van der Waals surface area contributed by atoms with Gasteiger partial charge in [0.2, 0.25) is 0 Å². The molecule has 0 radical (unpaired) electrons. The quantitative estimate of drug-likeness (QED) is 0.115. The molecule has 2 rings (SSSR count). The number of pyridine rings is 1. The summed E-state index contributed by atoms with van der Waals surface area (Å²) in [5.74, 6) is -0.900. The number of nitro groups is 1. The third kappa shape index (κ3) is 10.4. The summed E-state index contributed by atoms with van der Waals surface area (Å²) in [6, 6.07) is 6.78. The standard InChI is InChI=1S/C17H21N5O6S.2Na/c1-2-8-21(9-3-10-29(26,27)28)13-4-5-15(16(23)11-13)19-20-17-12-14(22(24)25)6-7-18-17;;/h4-7,11-12,23H,2-3,8-10H2,1H3,(H,26,27,28);;/q;2*+1/p-2. The maximum absolute atomic E-state index is 12.3. The van der Waals surface area contributed by atoms with E-state index in [4.69, 9.17) is 0 Å². The van der Waals surface area contributed by atoms with Gasteiger partial charge in [-0.2, -0.15) is 0 Å². The molecule has 14 heteroatoms. The molecular weight excluding hydrogens is 448 g/mol. The zero-order valence-electron chi connectivity index (χ0n) is 17.6. The van der Waals surface area contributed by atoms with E-state index in [-0.39, 0.29) is 82.7 Å². The van der Waals surface area contributed by atoms with E-state index >= 15 is 0 Å². The first-order valence-corrected chi connectivity index (χ1v) is 10.3. The topological polar surface area (TPSA) is 164 Å². The molecule has 0 fully saturated rings. The first kappa shape index (κ1) is 29.9. The number of anilines is 1. The monoisotopic (exact) mass is 467 g/mol. The van der Waals surface area contributed by atoms with Crippen LogP contribution in [0.5, 0.6) is 5.75 Å². The van der Waals surface area contributed by atoms with Crippen LogP contribution in [-0.2, 0) is 10.1 Å². The van der Waals surface area contributed by atoms with Gasteiger partial charge in [-0.15, -0.1) is 10.2 Å². The van der Waals surface area contributed by atoms with E-state index in [0.29, 0.717) is 18.8 Å². The number of rotatable bonds is 10. The van der Waals surface area contributed by atoms with Gasteiger partial charge in [-0.3, -0.25) is 10.1 Å². The number of benzene rings is 1. The van der Waals surface area contributed by atoms with Crippen molar-refractivity contribution in [1.29, 1.82) is 0 Å². The van der Waals surface area contributed by atoms with E-state index in [1.54, 1.807) is 6.07 Å². The molecule has 1 aromatic heterocycles. The summed E-state index contributed by atoms with van der Waals surface area (Å²) in [6.07, 6.45) is 2.14. The van der Waals surface area contributed by atoms with Gasteiger partial charge in [-0.05, 0) is 31.0 Å². The second kappa shape index (κ2) is 14.1. The molecule has 11 nitrogen and oxygen atoms in total. The van der Waals surface area contributed by atoms with Crippen molar-refractivity contribution in [3.63, 3.8) is 0 Å². The normalized spacial score (nSPS) is 10.9. The van der Waals surface area contributed by atoms with Crippen molar-refractivity contribution in [2.45, 2.75) is 19.8 Å². The van der Waals surface area contributed by atoms with Gasteiger partial charge < -0.3 is 14.6 Å². The Labute approximate surface area is 224 Å². The van der Waals surface area contributed by atoms with Gasteiger partial charge in [0.25, 0.3) is 5.69 Å². The molecule has 0 bridgehead atoms. The van der Waals surface area contributed by atoms with E-state index in [9.17, 15) is 28.2 Å². The second-order valence-electron chi connectivity index (χ2n) is 6.08. The van der Waals surface area contributed by atoms with Crippen molar-refractivity contribution in [3.05, 3.63) is 46.6 Å². The number of azo groups is 1. The van der Waals surface area contributed by atoms with Crippen molar-refractivity contribution in [3.8, 4) is 5.75 Å². The zero-order chi connectivity index (χ0) is 21.4. The number of aromatic nitrogens is 1. The van der Waals surface area contributed by atoms with Crippen molar-refractivity contribution in [1.82, 2.24) is 4.98 Å². The minimum atomic E-state index is -4.29. The van der Waals surface area contributed by atoms with Crippen LogP contribution in [0.25, 0.3) is 0 Å². The Morgan fingerprint density at radius 1 is 1.13 bits per heavy atom. The Kier molecular flexibility index (Phi) is 13.6. The van der Waals surface area contributed by atoms with Crippen molar-refractivity contribution < 1.29 is 82.1 Å². The Bertz CT molecular complexity index is 1010. The molecule has 0 saturated carbocycles. The molecular formula is C17H19N5Na2O6S. The fourth-order valence-corrected chi connectivity index (χ4v) is 3.02. The summed E-state index contributed by atoms with van der Waals surface area (Å²) in [5.41, 5.74) is 0.412. The first-order chi connectivity index (χ1) is 13.7. The molecule has 0 amide bonds. The van der Waals surface area contributed by atoms with Crippen LogP contribution in [0.15, 0.2) is 46.8 Å². The molecule has 0 aliphatic heterocycles. The first-order valence-electron chi connectivity index (χ1n) is 8.71. The molecule has 0 unspecified atom stereocenters. The van der Waals surface area contributed by atoms with Gasteiger partial charge in [0, 0.05) is 36.8 Å². The van der Waals surface area contributed by atoms with Gasteiger partial charge >= 0.3 is 59.1 Å². The van der Waals surface area contributed by atoms with E-state index in [1.807, 2.05) is 11.8 Å². The number of hydrogen-bond donors (Lipinski definition) is 0. The SMILES string of the molecule is CCCN(CCCS(=O)(=O)[O-])c1ccc(N=Nc2cc([N+](=O)[O-])ccn2)c([O-])c1.[Na+].[Na+]. The van der Waals surface area contributed by atoms with Crippen molar-refractivity contribution >= 4 is 33.0 Å². The van der Waals surface area contributed by atoms with Crippen molar-refractivity contribution in [2.24, 2.45) is 10.2 Å². The summed E-state index contributed by atoms with van der Waals surface area (Å²) in [7, 11) is -4.29. The third-order valence-electron chi connectivity index (χ3n) is 3.82. The number of nitrogens with zero attached hydrogens (tertiary/aromatic N) is 5. The molecule has 2 aromatic rings. The number of hydrogen-bond acceptors (Lipinski definition) is 10. The molecule has 31 heavy (non-hydrogen) atoms. The summed E-state index contributed by atoms with van der Waals surface area (Å²) in [4.78, 5) is 15.8. The van der Waals surface area contributed by atoms with Crippen LogP contribution in [0.3, 0.4) is 0 Å². The fraction of sp³-hybridized carbons (Fsp3) is 0.353. The van der Waals surface area contributed by atoms with Crippen LogP contribution in [0.4, 0.5) is 22.9 Å². The summed E-state index contributed by atoms with van der Waals surface area (Å²) in [6.45, 7) is 2.83. The van der Waals surface area contributed by atoms with Crippen molar-refractivity contribution in [2.75, 3.05) is 23.7 Å². The molecule has 0 spiro atoms. The van der Waals surface area contributed by atoms with Gasteiger partial charge in [-0.1, -0.05) is 12.7 Å². The fourth-order valence-electron chi connectivity index (χ4n) is 2.54. The third-order valence-corrected chi connectivity index (χ3v) is 4.61. The van der Waals surface area contributed by atoms with Crippen LogP contribution in [-0.4, -0.2) is 41.7 Å². The predicted molar refractivity (Wildman–Crippen MR) is 103 cm³/mol. The maximum atomic E-state index is 12.3. The van der Waals surface area contributed by atoms with Gasteiger partial charge in [0.15, 0.2) is 5.82 Å². The molecule has 1 heterocycles. The predicted octanol–water partition coefficient (Wildman–Crippen LogP) is -3.36. The molecule has 156 valence electrons. The molecule has 0 saturated heterocycles. The van der Waals surface area contributed by atoms with E-state index in [1.165, 1.54) is 24.4 Å². The van der Waals surface area contributed by atoms with Crippen LogP contribution in [0, 0.1) is 10.1 Å². The zero-order valence-corrected chi connectivity index (χ0v) is 22.4. The molecule has 0 aliphatic rings. The average Bonchev–Trinajstić information content (AvgIpc) is 2.65. The average molecular weight is 467 g/mol. The smallest absolute Gasteiger partial charge is 0.871 e. The minimum Gasteiger partial charge on any atom is -0.871 e.